The normalized spacial score (nSPS) is 11.1. The van der Waals surface area contributed by atoms with E-state index in [-0.39, 0.29) is 11.6 Å². The second-order valence-corrected chi connectivity index (χ2v) is 9.25. The summed E-state index contributed by atoms with van der Waals surface area (Å²) in [5, 5.41) is 0. The van der Waals surface area contributed by atoms with Crippen LogP contribution in [0.5, 0.6) is 0 Å². The Balaban J connectivity index is 3.37. The Morgan fingerprint density at radius 1 is 0.692 bits per heavy atom. The molecule has 0 aromatic carbocycles. The number of rotatable bonds is 18. The summed E-state index contributed by atoms with van der Waals surface area (Å²) >= 11 is 6.76. The summed E-state index contributed by atoms with van der Waals surface area (Å²) in [6.45, 7) is 5.17. The molecule has 0 spiro atoms. The van der Waals surface area contributed by atoms with Crippen LogP contribution in [0.15, 0.2) is 0 Å². The topological polar surface area (TPSA) is 34.1 Å². The average molecular weight is 401 g/mol. The molecule has 0 aliphatic carbocycles. The van der Waals surface area contributed by atoms with E-state index in [2.05, 4.69) is 6.92 Å². The molecule has 0 bridgehead atoms. The number of unbranched alkanes of at least 4 members (excludes halogenated alkanes) is 13. The van der Waals surface area contributed by atoms with Gasteiger partial charge < -0.3 is 0 Å². The molecule has 0 unspecified atom stereocenters. The van der Waals surface area contributed by atoms with Gasteiger partial charge in [-0.1, -0.05) is 103 Å². The Bertz CT molecular complexity index is 380. The van der Waals surface area contributed by atoms with Gasteiger partial charge in [-0.2, -0.15) is 0 Å². The fraction of sp³-hybridized carbons (Fsp3) is 0.864. The van der Waals surface area contributed by atoms with Gasteiger partial charge in [0.2, 0.25) is 0 Å². The molecule has 4 heteroatoms. The first kappa shape index (κ1) is 25.8. The molecule has 0 rings (SSSR count). The van der Waals surface area contributed by atoms with Crippen LogP contribution in [0.4, 0.5) is 0 Å². The van der Waals surface area contributed by atoms with Crippen molar-refractivity contribution in [3.8, 4) is 0 Å². The molecule has 0 aliphatic heterocycles. The minimum Gasteiger partial charge on any atom is -0.299 e. The van der Waals surface area contributed by atoms with E-state index in [1.165, 1.54) is 109 Å². The Kier molecular flexibility index (Phi) is 18.0. The van der Waals surface area contributed by atoms with Gasteiger partial charge in [0.25, 0.3) is 0 Å². The largest absolute Gasteiger partial charge is 0.299 e. The molecule has 0 saturated carbocycles. The number of thiocarbonyl (C=S) groups is 1. The standard InChI is InChI=1S/C22H40O2S2/c1-4-5-6-7-8-9-10-11-12-13-14-15-16-17-18-26-22(25)21(19(2)23)20(3)24/h21H,4-18H2,1-3H3. The zero-order valence-electron chi connectivity index (χ0n) is 17.3. The smallest absolute Gasteiger partial charge is 0.146 e. The van der Waals surface area contributed by atoms with Gasteiger partial charge in [0, 0.05) is 0 Å². The van der Waals surface area contributed by atoms with Crippen LogP contribution >= 0.6 is 24.0 Å². The molecule has 0 atom stereocenters. The van der Waals surface area contributed by atoms with Crippen molar-refractivity contribution in [3.05, 3.63) is 0 Å². The van der Waals surface area contributed by atoms with Gasteiger partial charge in [0.05, 0.1) is 4.20 Å². The maximum absolute atomic E-state index is 11.5. The van der Waals surface area contributed by atoms with Crippen LogP contribution < -0.4 is 0 Å². The van der Waals surface area contributed by atoms with Crippen LogP contribution in [-0.2, 0) is 9.59 Å². The van der Waals surface area contributed by atoms with E-state index < -0.39 is 5.92 Å². The highest BCUT2D eigenvalue weighted by molar-refractivity contribution is 8.23. The molecule has 2 nitrogen and oxygen atoms in total. The van der Waals surface area contributed by atoms with Gasteiger partial charge >= 0.3 is 0 Å². The van der Waals surface area contributed by atoms with Crippen LogP contribution in [0, 0.1) is 5.92 Å². The number of ketones is 2. The van der Waals surface area contributed by atoms with Gasteiger partial charge in [0.15, 0.2) is 0 Å². The molecule has 0 saturated heterocycles. The Hall–Kier alpha value is -0.220. The third kappa shape index (κ3) is 14.9. The van der Waals surface area contributed by atoms with Crippen molar-refractivity contribution in [2.45, 2.75) is 111 Å². The van der Waals surface area contributed by atoms with Gasteiger partial charge in [-0.25, -0.2) is 0 Å². The predicted molar refractivity (Wildman–Crippen MR) is 120 cm³/mol. The lowest BCUT2D eigenvalue weighted by molar-refractivity contribution is -0.127. The zero-order valence-corrected chi connectivity index (χ0v) is 18.9. The predicted octanol–water partition coefficient (Wildman–Crippen LogP) is 7.32. The molecule has 0 fully saturated rings. The van der Waals surface area contributed by atoms with Crippen molar-refractivity contribution < 1.29 is 9.59 Å². The third-order valence-electron chi connectivity index (χ3n) is 4.79. The number of Topliss-reactive ketones (excluding diaryl/α,β-unsaturated/α-hetero) is 2. The molecular weight excluding hydrogens is 360 g/mol. The van der Waals surface area contributed by atoms with E-state index in [0.29, 0.717) is 4.20 Å². The van der Waals surface area contributed by atoms with Crippen LogP contribution in [-0.4, -0.2) is 21.5 Å². The highest BCUT2D eigenvalue weighted by Crippen LogP contribution is 2.19. The number of thioether (sulfide) groups is 1. The van der Waals surface area contributed by atoms with Crippen molar-refractivity contribution in [3.63, 3.8) is 0 Å². The average Bonchev–Trinajstić information content (AvgIpc) is 2.57. The summed E-state index contributed by atoms with van der Waals surface area (Å²) < 4.78 is 0.555. The van der Waals surface area contributed by atoms with Crippen molar-refractivity contribution in [2.75, 3.05) is 5.75 Å². The molecule has 0 radical (unpaired) electrons. The van der Waals surface area contributed by atoms with E-state index in [1.807, 2.05) is 0 Å². The van der Waals surface area contributed by atoms with E-state index >= 15 is 0 Å². The molecule has 0 aromatic rings. The van der Waals surface area contributed by atoms with Gasteiger partial charge in [-0.15, -0.1) is 11.8 Å². The zero-order chi connectivity index (χ0) is 19.6. The van der Waals surface area contributed by atoms with E-state index in [1.54, 1.807) is 0 Å². The van der Waals surface area contributed by atoms with Crippen LogP contribution in [0.2, 0.25) is 0 Å². The maximum atomic E-state index is 11.5. The Labute approximate surface area is 171 Å². The summed E-state index contributed by atoms with van der Waals surface area (Å²) in [7, 11) is 0. The molecule has 0 aromatic heterocycles. The van der Waals surface area contributed by atoms with Crippen molar-refractivity contribution in [1.29, 1.82) is 0 Å². The number of carbonyl (C=O) groups excluding carboxylic acids is 2. The van der Waals surface area contributed by atoms with Crippen molar-refractivity contribution >= 4 is 39.7 Å². The molecule has 0 N–H and O–H groups in total. The second kappa shape index (κ2) is 18.2. The summed E-state index contributed by atoms with van der Waals surface area (Å²) in [5.41, 5.74) is 0. The van der Waals surface area contributed by atoms with Gasteiger partial charge in [-0.05, 0) is 26.0 Å². The molecule has 26 heavy (non-hydrogen) atoms. The highest BCUT2D eigenvalue weighted by Gasteiger charge is 2.24. The lowest BCUT2D eigenvalue weighted by Gasteiger charge is -2.11. The van der Waals surface area contributed by atoms with Crippen LogP contribution in [0.1, 0.15) is 111 Å². The Morgan fingerprint density at radius 2 is 1.04 bits per heavy atom. The molecule has 152 valence electrons. The second-order valence-electron chi connectivity index (χ2n) is 7.42. The third-order valence-corrected chi connectivity index (χ3v) is 6.39. The summed E-state index contributed by atoms with van der Waals surface area (Å²) in [5.74, 6) is -0.0120. The van der Waals surface area contributed by atoms with E-state index in [0.717, 1.165) is 12.2 Å². The summed E-state index contributed by atoms with van der Waals surface area (Å²) in [6.07, 6.45) is 18.9. The number of carbonyl (C=O) groups is 2. The quantitative estimate of drug-likeness (QED) is 0.137. The van der Waals surface area contributed by atoms with Gasteiger partial charge in [-0.3, -0.25) is 9.59 Å². The number of hydrogen-bond acceptors (Lipinski definition) is 4. The lowest BCUT2D eigenvalue weighted by atomic mass is 10.0. The van der Waals surface area contributed by atoms with E-state index in [4.69, 9.17) is 12.2 Å². The summed E-state index contributed by atoms with van der Waals surface area (Å²) in [4.78, 5) is 22.9. The molecule has 0 aliphatic rings. The minimum absolute atomic E-state index is 0.129. The first-order valence-electron chi connectivity index (χ1n) is 10.7. The summed E-state index contributed by atoms with van der Waals surface area (Å²) in [6, 6.07) is 0. The van der Waals surface area contributed by atoms with Gasteiger partial charge in [0.1, 0.15) is 17.5 Å². The molecule has 0 heterocycles. The van der Waals surface area contributed by atoms with Crippen LogP contribution in [0.25, 0.3) is 0 Å². The highest BCUT2D eigenvalue weighted by atomic mass is 32.2. The van der Waals surface area contributed by atoms with Crippen LogP contribution in [0.3, 0.4) is 0 Å². The van der Waals surface area contributed by atoms with Crippen molar-refractivity contribution in [1.82, 2.24) is 0 Å². The lowest BCUT2D eigenvalue weighted by Crippen LogP contribution is -2.25. The van der Waals surface area contributed by atoms with Crippen molar-refractivity contribution in [2.24, 2.45) is 5.92 Å². The Morgan fingerprint density at radius 3 is 1.38 bits per heavy atom. The maximum Gasteiger partial charge on any atom is 0.146 e. The van der Waals surface area contributed by atoms with E-state index in [9.17, 15) is 9.59 Å². The first-order valence-corrected chi connectivity index (χ1v) is 12.1. The fourth-order valence-electron chi connectivity index (χ4n) is 3.17. The fourth-order valence-corrected chi connectivity index (χ4v) is 4.80. The molecule has 0 amide bonds. The monoisotopic (exact) mass is 400 g/mol. The SMILES string of the molecule is CCCCCCCCCCCCCCCCSC(=S)C(C(C)=O)C(C)=O. The molecular formula is C22H40O2S2. The minimum atomic E-state index is -0.679. The number of hydrogen-bond donors (Lipinski definition) is 0. The first-order chi connectivity index (χ1) is 12.5.